The van der Waals surface area contributed by atoms with Gasteiger partial charge in [-0.2, -0.15) is 0 Å². The lowest BCUT2D eigenvalue weighted by atomic mass is 9.98. The van der Waals surface area contributed by atoms with Crippen LogP contribution in [-0.4, -0.2) is 13.1 Å². The zero-order chi connectivity index (χ0) is 15.4. The molecule has 0 heterocycles. The van der Waals surface area contributed by atoms with Gasteiger partial charge in [0.05, 0.1) is 0 Å². The first-order chi connectivity index (χ1) is 9.99. The van der Waals surface area contributed by atoms with E-state index in [1.807, 2.05) is 6.07 Å². The Morgan fingerprint density at radius 3 is 2.38 bits per heavy atom. The van der Waals surface area contributed by atoms with E-state index >= 15 is 0 Å². The fourth-order valence-electron chi connectivity index (χ4n) is 2.19. The second-order valence-electron chi connectivity index (χ2n) is 4.87. The average Bonchev–Trinajstić information content (AvgIpc) is 2.44. The van der Waals surface area contributed by atoms with Gasteiger partial charge in [-0.3, -0.25) is 0 Å². The predicted octanol–water partition coefficient (Wildman–Crippen LogP) is 4.64. The van der Waals surface area contributed by atoms with Gasteiger partial charge in [0.1, 0.15) is 11.6 Å². The van der Waals surface area contributed by atoms with E-state index in [0.717, 1.165) is 17.7 Å². The molecule has 0 aliphatic carbocycles. The summed E-state index contributed by atoms with van der Waals surface area (Å²) in [6, 6.07) is 8.71. The summed E-state index contributed by atoms with van der Waals surface area (Å²) in [5, 5.41) is 4.25. The largest absolute Gasteiger partial charge is 0.316 e. The van der Waals surface area contributed by atoms with Crippen molar-refractivity contribution in [3.05, 3.63) is 69.2 Å². The Kier molecular flexibility index (Phi) is 5.57. The van der Waals surface area contributed by atoms with Crippen molar-refractivity contribution in [1.29, 1.82) is 0 Å². The molecule has 0 aliphatic rings. The lowest BCUT2D eigenvalue weighted by Gasteiger charge is -2.17. The molecule has 112 valence electrons. The normalized spacial score (nSPS) is 12.4. The van der Waals surface area contributed by atoms with Crippen LogP contribution in [0, 0.1) is 11.6 Å². The standard InChI is InChI=1S/C16H15Cl2F2N/c1-21-14(7-10-2-3-12(17)9-15(10)18)8-11-6-13(19)4-5-16(11)20/h2-6,9,14,21H,7-8H2,1H3. The number of hydrogen-bond donors (Lipinski definition) is 1. The van der Waals surface area contributed by atoms with Crippen LogP contribution in [0.4, 0.5) is 8.78 Å². The lowest BCUT2D eigenvalue weighted by molar-refractivity contribution is 0.525. The van der Waals surface area contributed by atoms with Gasteiger partial charge in [-0.05, 0) is 61.3 Å². The van der Waals surface area contributed by atoms with Gasteiger partial charge in [0.15, 0.2) is 0 Å². The number of halogens is 4. The highest BCUT2D eigenvalue weighted by atomic mass is 35.5. The lowest BCUT2D eigenvalue weighted by Crippen LogP contribution is -2.30. The van der Waals surface area contributed by atoms with E-state index in [-0.39, 0.29) is 6.04 Å². The van der Waals surface area contributed by atoms with Crippen LogP contribution in [0.15, 0.2) is 36.4 Å². The molecule has 0 saturated carbocycles. The topological polar surface area (TPSA) is 12.0 Å². The molecule has 21 heavy (non-hydrogen) atoms. The van der Waals surface area contributed by atoms with Gasteiger partial charge in [0.2, 0.25) is 0 Å². The molecule has 2 aromatic carbocycles. The molecule has 0 amide bonds. The van der Waals surface area contributed by atoms with Gasteiger partial charge < -0.3 is 5.32 Å². The smallest absolute Gasteiger partial charge is 0.126 e. The molecule has 0 aromatic heterocycles. The van der Waals surface area contributed by atoms with Crippen molar-refractivity contribution >= 4 is 23.2 Å². The molecule has 2 aromatic rings. The molecule has 1 atom stereocenters. The molecule has 0 radical (unpaired) electrons. The van der Waals surface area contributed by atoms with Crippen molar-refractivity contribution in [2.45, 2.75) is 18.9 Å². The summed E-state index contributed by atoms with van der Waals surface area (Å²) in [6.07, 6.45) is 0.974. The summed E-state index contributed by atoms with van der Waals surface area (Å²) < 4.78 is 26.9. The van der Waals surface area contributed by atoms with Crippen LogP contribution in [0.5, 0.6) is 0 Å². The third-order valence-electron chi connectivity index (χ3n) is 3.36. The van der Waals surface area contributed by atoms with Gasteiger partial charge >= 0.3 is 0 Å². The third kappa shape index (κ3) is 4.40. The van der Waals surface area contributed by atoms with Crippen molar-refractivity contribution in [2.24, 2.45) is 0 Å². The van der Waals surface area contributed by atoms with Crippen molar-refractivity contribution < 1.29 is 8.78 Å². The second-order valence-corrected chi connectivity index (χ2v) is 5.71. The third-order valence-corrected chi connectivity index (χ3v) is 3.95. The number of nitrogens with one attached hydrogen (secondary N) is 1. The Labute approximate surface area is 132 Å². The Hall–Kier alpha value is -1.16. The SMILES string of the molecule is CNC(Cc1cc(F)ccc1F)Cc1ccc(Cl)cc1Cl. The Balaban J connectivity index is 2.14. The van der Waals surface area contributed by atoms with Crippen LogP contribution in [0.25, 0.3) is 0 Å². The van der Waals surface area contributed by atoms with E-state index in [1.165, 1.54) is 6.07 Å². The van der Waals surface area contributed by atoms with Crippen molar-refractivity contribution in [2.75, 3.05) is 7.05 Å². The van der Waals surface area contributed by atoms with Crippen molar-refractivity contribution in [3.63, 3.8) is 0 Å². The molecule has 0 saturated heterocycles. The van der Waals surface area contributed by atoms with Gasteiger partial charge in [-0.1, -0.05) is 29.3 Å². The van der Waals surface area contributed by atoms with E-state index in [0.29, 0.717) is 28.5 Å². The highest BCUT2D eigenvalue weighted by molar-refractivity contribution is 6.35. The Bertz CT molecular complexity index is 632. The fourth-order valence-corrected chi connectivity index (χ4v) is 2.68. The number of benzene rings is 2. The first-order valence-electron chi connectivity index (χ1n) is 6.54. The number of rotatable bonds is 5. The second kappa shape index (κ2) is 7.21. The molecule has 0 bridgehead atoms. The molecule has 0 aliphatic heterocycles. The molecule has 1 N–H and O–H groups in total. The summed E-state index contributed by atoms with van der Waals surface area (Å²) >= 11 is 12.0. The minimum atomic E-state index is -0.439. The van der Waals surface area contributed by atoms with Gasteiger partial charge in [-0.15, -0.1) is 0 Å². The van der Waals surface area contributed by atoms with E-state index in [2.05, 4.69) is 5.32 Å². The zero-order valence-electron chi connectivity index (χ0n) is 11.5. The van der Waals surface area contributed by atoms with Crippen LogP contribution in [0.3, 0.4) is 0 Å². The summed E-state index contributed by atoms with van der Waals surface area (Å²) in [6.45, 7) is 0. The first-order valence-corrected chi connectivity index (χ1v) is 7.30. The predicted molar refractivity (Wildman–Crippen MR) is 83.1 cm³/mol. The van der Waals surface area contributed by atoms with Crippen LogP contribution in [-0.2, 0) is 12.8 Å². The maximum Gasteiger partial charge on any atom is 0.126 e. The summed E-state index contributed by atoms with van der Waals surface area (Å²) in [5.41, 5.74) is 1.26. The van der Waals surface area contributed by atoms with Crippen molar-refractivity contribution in [1.82, 2.24) is 5.32 Å². The fraction of sp³-hybridized carbons (Fsp3) is 0.250. The Morgan fingerprint density at radius 2 is 1.71 bits per heavy atom. The molecule has 5 heteroatoms. The minimum Gasteiger partial charge on any atom is -0.316 e. The number of hydrogen-bond acceptors (Lipinski definition) is 1. The molecule has 1 nitrogen and oxygen atoms in total. The zero-order valence-corrected chi connectivity index (χ0v) is 13.0. The minimum absolute atomic E-state index is 0.0556. The maximum atomic E-state index is 13.7. The summed E-state index contributed by atoms with van der Waals surface area (Å²) in [7, 11) is 1.78. The molecular weight excluding hydrogens is 315 g/mol. The van der Waals surface area contributed by atoms with Gasteiger partial charge in [0, 0.05) is 16.1 Å². The van der Waals surface area contributed by atoms with E-state index in [1.54, 1.807) is 19.2 Å². The highest BCUT2D eigenvalue weighted by Gasteiger charge is 2.14. The van der Waals surface area contributed by atoms with Gasteiger partial charge in [0.25, 0.3) is 0 Å². The maximum absolute atomic E-state index is 13.7. The number of likely N-dealkylation sites (N-methyl/N-ethyl adjacent to an activating group) is 1. The molecule has 1 unspecified atom stereocenters. The van der Waals surface area contributed by atoms with E-state index in [9.17, 15) is 8.78 Å². The van der Waals surface area contributed by atoms with Crippen molar-refractivity contribution in [3.8, 4) is 0 Å². The molecular formula is C16H15Cl2F2N. The summed E-state index contributed by atoms with van der Waals surface area (Å²) in [5.74, 6) is -0.843. The van der Waals surface area contributed by atoms with Crippen LogP contribution < -0.4 is 5.32 Å². The van der Waals surface area contributed by atoms with E-state index in [4.69, 9.17) is 23.2 Å². The summed E-state index contributed by atoms with van der Waals surface area (Å²) in [4.78, 5) is 0. The van der Waals surface area contributed by atoms with Crippen LogP contribution >= 0.6 is 23.2 Å². The van der Waals surface area contributed by atoms with E-state index < -0.39 is 11.6 Å². The average molecular weight is 330 g/mol. The molecule has 0 spiro atoms. The Morgan fingerprint density at radius 1 is 1.00 bits per heavy atom. The first kappa shape index (κ1) is 16.2. The molecule has 0 fully saturated rings. The highest BCUT2D eigenvalue weighted by Crippen LogP contribution is 2.23. The van der Waals surface area contributed by atoms with Crippen LogP contribution in [0.1, 0.15) is 11.1 Å². The van der Waals surface area contributed by atoms with Gasteiger partial charge in [-0.25, -0.2) is 8.78 Å². The molecule has 2 rings (SSSR count). The van der Waals surface area contributed by atoms with Crippen LogP contribution in [0.2, 0.25) is 10.0 Å². The quantitative estimate of drug-likeness (QED) is 0.842. The monoisotopic (exact) mass is 329 g/mol.